The minimum absolute atomic E-state index is 0.337. The molecule has 7 nitrogen and oxygen atoms in total. The lowest BCUT2D eigenvalue weighted by Gasteiger charge is -2.33. The van der Waals surface area contributed by atoms with Crippen molar-refractivity contribution in [1.82, 2.24) is 24.7 Å². The van der Waals surface area contributed by atoms with Crippen LogP contribution < -0.4 is 10.6 Å². The summed E-state index contributed by atoms with van der Waals surface area (Å²) in [5.74, 6) is 0.163. The maximum absolute atomic E-state index is 13.7. The number of rotatable bonds is 3. The molecule has 2 unspecified atom stereocenters. The number of imidazole rings is 1. The number of aromatic nitrogens is 5. The van der Waals surface area contributed by atoms with Gasteiger partial charge >= 0.3 is 0 Å². The molecule has 0 aliphatic carbocycles. The molecule has 1 aliphatic rings. The first-order valence-electron chi connectivity index (χ1n) is 7.96. The maximum Gasteiger partial charge on any atom is 0.208 e. The molecule has 3 aromatic rings. The van der Waals surface area contributed by atoms with Crippen molar-refractivity contribution in [2.75, 3.05) is 18.0 Å². The van der Waals surface area contributed by atoms with E-state index in [1.54, 1.807) is 0 Å². The van der Waals surface area contributed by atoms with Crippen molar-refractivity contribution < 1.29 is 8.78 Å². The topological polar surface area (TPSA) is 85.8 Å². The van der Waals surface area contributed by atoms with Gasteiger partial charge in [0, 0.05) is 19.2 Å². The smallest absolute Gasteiger partial charge is 0.208 e. The van der Waals surface area contributed by atoms with Crippen LogP contribution in [0.4, 0.5) is 14.7 Å². The van der Waals surface area contributed by atoms with Gasteiger partial charge in [0.15, 0.2) is 5.65 Å². The van der Waals surface area contributed by atoms with E-state index in [9.17, 15) is 8.78 Å². The van der Waals surface area contributed by atoms with Crippen molar-refractivity contribution in [2.24, 2.45) is 5.73 Å². The number of hydrogen-bond acceptors (Lipinski definition) is 7. The summed E-state index contributed by atoms with van der Waals surface area (Å²) in [5.41, 5.74) is 6.89. The number of alkyl halides is 1. The van der Waals surface area contributed by atoms with Gasteiger partial charge < -0.3 is 15.2 Å². The van der Waals surface area contributed by atoms with E-state index in [0.29, 0.717) is 43.2 Å². The third kappa shape index (κ3) is 3.07. The molecule has 10 heteroatoms. The summed E-state index contributed by atoms with van der Waals surface area (Å²) in [6.45, 7) is 3.12. The number of nitrogens with zero attached hydrogens (tertiary/aromatic N) is 6. The Morgan fingerprint density at radius 2 is 2.24 bits per heavy atom. The first kappa shape index (κ1) is 16.3. The van der Waals surface area contributed by atoms with Gasteiger partial charge in [-0.25, -0.2) is 13.8 Å². The predicted octanol–water partition coefficient (Wildman–Crippen LogP) is 1.65. The molecule has 0 bridgehead atoms. The Morgan fingerprint density at radius 1 is 1.40 bits per heavy atom. The Labute approximate surface area is 146 Å². The van der Waals surface area contributed by atoms with Gasteiger partial charge in [-0.15, -0.1) is 10.2 Å². The van der Waals surface area contributed by atoms with E-state index >= 15 is 0 Å². The summed E-state index contributed by atoms with van der Waals surface area (Å²) < 4.78 is 29.3. The van der Waals surface area contributed by atoms with Crippen LogP contribution in [0.3, 0.4) is 0 Å². The standard InChI is InChI=1S/C15H17F2N7S/c1-8-21-22-13(25-8)7-24-12-4-9(16)5-19-14(12)20-15(24)23-3-2-10(17)11(18)6-23/h4-5,10-11H,2-3,6-7,18H2,1H3. The normalized spacial score (nSPS) is 21.2. The highest BCUT2D eigenvalue weighted by Gasteiger charge is 2.29. The van der Waals surface area contributed by atoms with Crippen LogP contribution >= 0.6 is 11.3 Å². The fourth-order valence-corrected chi connectivity index (χ4v) is 3.74. The molecular weight excluding hydrogens is 348 g/mol. The van der Waals surface area contributed by atoms with E-state index < -0.39 is 18.0 Å². The van der Waals surface area contributed by atoms with E-state index in [0.717, 1.165) is 16.2 Å². The molecule has 2 N–H and O–H groups in total. The van der Waals surface area contributed by atoms with Gasteiger partial charge in [0.25, 0.3) is 0 Å². The van der Waals surface area contributed by atoms with E-state index in [-0.39, 0.29) is 0 Å². The lowest BCUT2D eigenvalue weighted by Crippen LogP contribution is -2.50. The molecule has 0 spiro atoms. The van der Waals surface area contributed by atoms with Crippen molar-refractivity contribution in [3.8, 4) is 0 Å². The zero-order chi connectivity index (χ0) is 17.6. The third-order valence-electron chi connectivity index (χ3n) is 4.27. The Kier molecular flexibility index (Phi) is 4.08. The largest absolute Gasteiger partial charge is 0.340 e. The molecule has 2 atom stereocenters. The van der Waals surface area contributed by atoms with Gasteiger partial charge in [0.1, 0.15) is 22.0 Å². The monoisotopic (exact) mass is 365 g/mol. The minimum atomic E-state index is -1.02. The highest BCUT2D eigenvalue weighted by atomic mass is 32.1. The van der Waals surface area contributed by atoms with Crippen molar-refractivity contribution in [3.63, 3.8) is 0 Å². The molecule has 132 valence electrons. The number of nitrogens with two attached hydrogens (primary N) is 1. The fourth-order valence-electron chi connectivity index (χ4n) is 3.04. The number of pyridine rings is 1. The van der Waals surface area contributed by atoms with Gasteiger partial charge in [-0.05, 0) is 13.3 Å². The molecule has 0 aromatic carbocycles. The van der Waals surface area contributed by atoms with Crippen molar-refractivity contribution in [1.29, 1.82) is 0 Å². The molecule has 1 aliphatic heterocycles. The van der Waals surface area contributed by atoms with Crippen LogP contribution in [-0.4, -0.2) is 50.0 Å². The average Bonchev–Trinajstić information content (AvgIpc) is 3.14. The van der Waals surface area contributed by atoms with E-state index in [4.69, 9.17) is 5.73 Å². The second-order valence-electron chi connectivity index (χ2n) is 6.12. The Hall–Kier alpha value is -2.20. The summed E-state index contributed by atoms with van der Waals surface area (Å²) in [6.07, 6.45) is 0.456. The van der Waals surface area contributed by atoms with Gasteiger partial charge in [-0.1, -0.05) is 11.3 Å². The highest BCUT2D eigenvalue weighted by molar-refractivity contribution is 7.11. The molecular formula is C15H17F2N7S. The fraction of sp³-hybridized carbons (Fsp3) is 0.467. The van der Waals surface area contributed by atoms with Crippen LogP contribution in [0.2, 0.25) is 0 Å². The first-order valence-corrected chi connectivity index (χ1v) is 8.78. The highest BCUT2D eigenvalue weighted by Crippen LogP contribution is 2.27. The SMILES string of the molecule is Cc1nnc(Cn2c(N3CCC(F)C(N)C3)nc3ncc(F)cc32)s1. The summed E-state index contributed by atoms with van der Waals surface area (Å²) in [7, 11) is 0. The van der Waals surface area contributed by atoms with Crippen molar-refractivity contribution >= 4 is 28.4 Å². The lowest BCUT2D eigenvalue weighted by molar-refractivity contribution is 0.243. The van der Waals surface area contributed by atoms with E-state index in [1.807, 2.05) is 16.4 Å². The third-order valence-corrected chi connectivity index (χ3v) is 5.09. The zero-order valence-corrected chi connectivity index (χ0v) is 14.4. The van der Waals surface area contributed by atoms with Crippen LogP contribution in [0, 0.1) is 12.7 Å². The van der Waals surface area contributed by atoms with Gasteiger partial charge in [0.05, 0.1) is 24.3 Å². The number of hydrogen-bond donors (Lipinski definition) is 1. The number of fused-ring (bicyclic) bond motifs is 1. The average molecular weight is 365 g/mol. The van der Waals surface area contributed by atoms with Gasteiger partial charge in [0.2, 0.25) is 5.95 Å². The molecule has 0 amide bonds. The predicted molar refractivity (Wildman–Crippen MR) is 90.9 cm³/mol. The van der Waals surface area contributed by atoms with Gasteiger partial charge in [-0.2, -0.15) is 4.98 Å². The maximum atomic E-state index is 13.7. The van der Waals surface area contributed by atoms with E-state index in [1.165, 1.54) is 17.4 Å². The summed E-state index contributed by atoms with van der Waals surface area (Å²) >= 11 is 1.47. The van der Waals surface area contributed by atoms with E-state index in [2.05, 4.69) is 20.2 Å². The Morgan fingerprint density at radius 3 is 2.96 bits per heavy atom. The van der Waals surface area contributed by atoms with Crippen molar-refractivity contribution in [2.45, 2.75) is 32.1 Å². The van der Waals surface area contributed by atoms with Crippen LogP contribution in [0.25, 0.3) is 11.2 Å². The molecule has 1 fully saturated rings. The number of aryl methyl sites for hydroxylation is 1. The van der Waals surface area contributed by atoms with Crippen LogP contribution in [0.15, 0.2) is 12.3 Å². The molecule has 4 rings (SSSR count). The molecule has 0 saturated carbocycles. The van der Waals surface area contributed by atoms with Crippen molar-refractivity contribution in [3.05, 3.63) is 28.1 Å². The summed E-state index contributed by atoms with van der Waals surface area (Å²) in [5, 5.41) is 9.79. The zero-order valence-electron chi connectivity index (χ0n) is 13.6. The summed E-state index contributed by atoms with van der Waals surface area (Å²) in [4.78, 5) is 10.5. The second kappa shape index (κ2) is 6.26. The number of halogens is 2. The number of piperidine rings is 1. The first-order chi connectivity index (χ1) is 12.0. The van der Waals surface area contributed by atoms with Gasteiger partial charge in [-0.3, -0.25) is 0 Å². The summed E-state index contributed by atoms with van der Waals surface area (Å²) in [6, 6.07) is 0.824. The molecule has 4 heterocycles. The molecule has 3 aromatic heterocycles. The van der Waals surface area contributed by atoms with Crippen LogP contribution in [0.1, 0.15) is 16.4 Å². The Bertz CT molecular complexity index is 909. The van der Waals surface area contributed by atoms with Crippen LogP contribution in [0.5, 0.6) is 0 Å². The molecule has 25 heavy (non-hydrogen) atoms. The number of anilines is 1. The lowest BCUT2D eigenvalue weighted by atomic mass is 10.1. The Balaban J connectivity index is 1.78. The molecule has 1 saturated heterocycles. The quantitative estimate of drug-likeness (QED) is 0.760. The van der Waals surface area contributed by atoms with Crippen LogP contribution in [-0.2, 0) is 6.54 Å². The minimum Gasteiger partial charge on any atom is -0.340 e. The second-order valence-corrected chi connectivity index (χ2v) is 7.39. The molecule has 0 radical (unpaired) electrons.